The van der Waals surface area contributed by atoms with Gasteiger partial charge < -0.3 is 10.1 Å². The van der Waals surface area contributed by atoms with Crippen molar-refractivity contribution in [1.82, 2.24) is 15.2 Å². The van der Waals surface area contributed by atoms with Crippen molar-refractivity contribution in [2.45, 2.75) is 32.2 Å². The van der Waals surface area contributed by atoms with Crippen LogP contribution in [0.2, 0.25) is 0 Å². The molecule has 3 heterocycles. The van der Waals surface area contributed by atoms with Crippen LogP contribution in [0, 0.1) is 17.3 Å². The van der Waals surface area contributed by atoms with Gasteiger partial charge in [0.15, 0.2) is 0 Å². The number of aromatic nitrogens is 1. The van der Waals surface area contributed by atoms with Crippen molar-refractivity contribution in [2.24, 2.45) is 17.3 Å². The highest BCUT2D eigenvalue weighted by Gasteiger charge is 2.50. The predicted octanol–water partition coefficient (Wildman–Crippen LogP) is 1.90. The van der Waals surface area contributed by atoms with Gasteiger partial charge in [0.05, 0.1) is 12.5 Å². The highest BCUT2D eigenvalue weighted by atomic mass is 32.1. The first-order valence-electron chi connectivity index (χ1n) is 8.71. The Balaban J connectivity index is 1.45. The van der Waals surface area contributed by atoms with Crippen LogP contribution in [0.5, 0.6) is 0 Å². The maximum atomic E-state index is 12.8. The first-order valence-corrected chi connectivity index (χ1v) is 9.59. The molecule has 0 aromatic carbocycles. The first kappa shape index (κ1) is 15.5. The second-order valence-corrected chi connectivity index (χ2v) is 8.29. The van der Waals surface area contributed by atoms with Crippen LogP contribution in [0.3, 0.4) is 0 Å². The average molecular weight is 335 g/mol. The number of hydrogen-bond acceptors (Lipinski definition) is 5. The fourth-order valence-electron chi connectivity index (χ4n) is 4.05. The Hall–Kier alpha value is -0.980. The molecule has 2 aliphatic heterocycles. The van der Waals surface area contributed by atoms with Gasteiger partial charge in [0.25, 0.3) is 0 Å². The number of carbonyl (C=O) groups is 1. The zero-order chi connectivity index (χ0) is 15.7. The lowest BCUT2D eigenvalue weighted by Crippen LogP contribution is -2.44. The Morgan fingerprint density at radius 2 is 2.26 bits per heavy atom. The molecule has 1 aromatic rings. The molecule has 4 rings (SSSR count). The molecule has 0 unspecified atom stereocenters. The molecule has 5 nitrogen and oxygen atoms in total. The molecule has 1 N–H and O–H groups in total. The van der Waals surface area contributed by atoms with E-state index >= 15 is 0 Å². The van der Waals surface area contributed by atoms with Crippen LogP contribution in [-0.2, 0) is 16.1 Å². The smallest absolute Gasteiger partial charge is 0.225 e. The number of hydrogen-bond donors (Lipinski definition) is 1. The number of amides is 1. The minimum atomic E-state index is 0.100. The monoisotopic (exact) mass is 335 g/mol. The van der Waals surface area contributed by atoms with Gasteiger partial charge in [-0.05, 0) is 31.6 Å². The van der Waals surface area contributed by atoms with Crippen LogP contribution in [0.15, 0.2) is 11.6 Å². The van der Waals surface area contributed by atoms with Gasteiger partial charge in [-0.15, -0.1) is 11.3 Å². The van der Waals surface area contributed by atoms with Gasteiger partial charge in [0.2, 0.25) is 5.91 Å². The van der Waals surface area contributed by atoms with E-state index in [1.165, 1.54) is 12.8 Å². The van der Waals surface area contributed by atoms with Gasteiger partial charge in [0, 0.05) is 49.8 Å². The summed E-state index contributed by atoms with van der Waals surface area (Å²) in [5, 5.41) is 6.39. The van der Waals surface area contributed by atoms with Crippen LogP contribution in [0.1, 0.15) is 30.7 Å². The molecule has 126 valence electrons. The minimum Gasteiger partial charge on any atom is -0.381 e. The van der Waals surface area contributed by atoms with Gasteiger partial charge >= 0.3 is 0 Å². The molecule has 1 spiro atoms. The van der Waals surface area contributed by atoms with E-state index < -0.39 is 0 Å². The topological polar surface area (TPSA) is 54.5 Å². The summed E-state index contributed by atoms with van der Waals surface area (Å²) in [5.74, 6) is 1.10. The van der Waals surface area contributed by atoms with E-state index in [9.17, 15) is 4.79 Å². The number of thiazole rings is 1. The zero-order valence-corrected chi connectivity index (χ0v) is 14.3. The lowest BCUT2D eigenvalue weighted by Gasteiger charge is -2.37. The maximum Gasteiger partial charge on any atom is 0.225 e. The Labute approximate surface area is 141 Å². The second-order valence-electron chi connectivity index (χ2n) is 7.31. The molecule has 23 heavy (non-hydrogen) atoms. The van der Waals surface area contributed by atoms with Crippen molar-refractivity contribution in [3.63, 3.8) is 0 Å². The Morgan fingerprint density at radius 1 is 1.43 bits per heavy atom. The second kappa shape index (κ2) is 6.49. The molecule has 1 aromatic heterocycles. The van der Waals surface area contributed by atoms with Crippen molar-refractivity contribution >= 4 is 17.2 Å². The summed E-state index contributed by atoms with van der Waals surface area (Å²) in [6.45, 7) is 5.17. The Kier molecular flexibility index (Phi) is 4.39. The minimum absolute atomic E-state index is 0.100. The molecule has 1 saturated carbocycles. The van der Waals surface area contributed by atoms with E-state index in [1.54, 1.807) is 11.3 Å². The summed E-state index contributed by atoms with van der Waals surface area (Å²) in [6.07, 6.45) is 6.42. The van der Waals surface area contributed by atoms with E-state index in [1.807, 2.05) is 11.6 Å². The third-order valence-electron chi connectivity index (χ3n) is 5.63. The normalized spacial score (nSPS) is 27.4. The van der Waals surface area contributed by atoms with Crippen molar-refractivity contribution in [3.8, 4) is 0 Å². The van der Waals surface area contributed by atoms with E-state index in [2.05, 4.69) is 15.2 Å². The molecule has 2 saturated heterocycles. The predicted molar refractivity (Wildman–Crippen MR) is 89.1 cm³/mol. The van der Waals surface area contributed by atoms with E-state index in [0.29, 0.717) is 0 Å². The average Bonchev–Trinajstić information content (AvgIpc) is 3.14. The molecule has 1 atom stereocenters. The molecular weight excluding hydrogens is 310 g/mol. The van der Waals surface area contributed by atoms with Gasteiger partial charge in [-0.25, -0.2) is 4.98 Å². The standard InChI is InChI=1S/C17H25N3O2S/c21-16(19-9-13-1-2-13)14-10-20(11-15-18-5-8-23-15)12-17(14)3-6-22-7-4-17/h5,8,13-14H,1-4,6-7,9-12H2,(H,19,21)/t14-/m0/s1. The third-order valence-corrected chi connectivity index (χ3v) is 6.39. The molecule has 0 bridgehead atoms. The Morgan fingerprint density at radius 3 is 2.96 bits per heavy atom. The first-order chi connectivity index (χ1) is 11.3. The zero-order valence-electron chi connectivity index (χ0n) is 13.5. The van der Waals surface area contributed by atoms with Crippen LogP contribution >= 0.6 is 11.3 Å². The van der Waals surface area contributed by atoms with Crippen LogP contribution < -0.4 is 5.32 Å². The number of carbonyl (C=O) groups excluding carboxylic acids is 1. The largest absolute Gasteiger partial charge is 0.381 e. The molecular formula is C17H25N3O2S. The summed E-state index contributed by atoms with van der Waals surface area (Å²) in [7, 11) is 0. The number of rotatable bonds is 5. The highest BCUT2D eigenvalue weighted by Crippen LogP contribution is 2.45. The molecule has 1 aliphatic carbocycles. The summed E-state index contributed by atoms with van der Waals surface area (Å²) in [6, 6.07) is 0. The number of nitrogens with one attached hydrogen (secondary N) is 1. The van der Waals surface area contributed by atoms with Gasteiger partial charge in [-0.1, -0.05) is 0 Å². The molecule has 0 radical (unpaired) electrons. The van der Waals surface area contributed by atoms with E-state index in [4.69, 9.17) is 4.74 Å². The summed E-state index contributed by atoms with van der Waals surface area (Å²) >= 11 is 1.70. The molecule has 1 amide bonds. The molecule has 3 aliphatic rings. The van der Waals surface area contributed by atoms with Crippen molar-refractivity contribution < 1.29 is 9.53 Å². The number of nitrogens with zero attached hydrogens (tertiary/aromatic N) is 2. The van der Waals surface area contributed by atoms with Crippen molar-refractivity contribution in [1.29, 1.82) is 0 Å². The van der Waals surface area contributed by atoms with Crippen molar-refractivity contribution in [3.05, 3.63) is 16.6 Å². The third kappa shape index (κ3) is 3.44. The quantitative estimate of drug-likeness (QED) is 0.893. The van der Waals surface area contributed by atoms with Gasteiger partial charge in [0.1, 0.15) is 5.01 Å². The maximum absolute atomic E-state index is 12.8. The summed E-state index contributed by atoms with van der Waals surface area (Å²) in [5.41, 5.74) is 0.100. The van der Waals surface area contributed by atoms with Crippen molar-refractivity contribution in [2.75, 3.05) is 32.8 Å². The molecule has 3 fully saturated rings. The number of likely N-dealkylation sites (tertiary alicyclic amines) is 1. The van der Waals surface area contributed by atoms with E-state index in [-0.39, 0.29) is 17.2 Å². The van der Waals surface area contributed by atoms with Gasteiger partial charge in [-0.2, -0.15) is 0 Å². The number of ether oxygens (including phenoxy) is 1. The summed E-state index contributed by atoms with van der Waals surface area (Å²) in [4.78, 5) is 19.6. The van der Waals surface area contributed by atoms with Crippen LogP contribution in [0.4, 0.5) is 0 Å². The lowest BCUT2D eigenvalue weighted by atomic mass is 9.71. The highest BCUT2D eigenvalue weighted by molar-refractivity contribution is 7.09. The fourth-order valence-corrected chi connectivity index (χ4v) is 4.71. The summed E-state index contributed by atoms with van der Waals surface area (Å²) < 4.78 is 5.57. The van der Waals surface area contributed by atoms with Crippen LogP contribution in [0.25, 0.3) is 0 Å². The Bertz CT molecular complexity index is 538. The fraction of sp³-hybridized carbons (Fsp3) is 0.765. The molecule has 6 heteroatoms. The lowest BCUT2D eigenvalue weighted by molar-refractivity contribution is -0.129. The van der Waals surface area contributed by atoms with Crippen LogP contribution in [-0.4, -0.2) is 48.6 Å². The van der Waals surface area contributed by atoms with E-state index in [0.717, 1.165) is 63.2 Å². The van der Waals surface area contributed by atoms with Gasteiger partial charge in [-0.3, -0.25) is 9.69 Å². The SMILES string of the molecule is O=C(NCC1CC1)[C@@H]1CN(Cc2nccs2)CC12CCOCC2.